The summed E-state index contributed by atoms with van der Waals surface area (Å²) in [5.41, 5.74) is 0.539. The predicted molar refractivity (Wildman–Crippen MR) is 69.0 cm³/mol. The Morgan fingerprint density at radius 1 is 1.33 bits per heavy atom. The molecule has 5 heteroatoms. The van der Waals surface area contributed by atoms with E-state index in [9.17, 15) is 9.50 Å². The minimum Gasteiger partial charge on any atom is -0.453 e. The summed E-state index contributed by atoms with van der Waals surface area (Å²) >= 11 is 3.24. The van der Waals surface area contributed by atoms with Crippen molar-refractivity contribution < 1.29 is 14.2 Å². The number of aliphatic hydroxyl groups is 1. The SMILES string of the molecule is C[C@H](O)c1ccc(Oc2cc(Br)ccc2F)cn1. The van der Waals surface area contributed by atoms with E-state index in [1.165, 1.54) is 18.3 Å². The van der Waals surface area contributed by atoms with E-state index in [1.54, 1.807) is 25.1 Å². The van der Waals surface area contributed by atoms with Gasteiger partial charge in [0.1, 0.15) is 5.75 Å². The van der Waals surface area contributed by atoms with Gasteiger partial charge in [-0.25, -0.2) is 4.39 Å². The van der Waals surface area contributed by atoms with E-state index in [2.05, 4.69) is 20.9 Å². The van der Waals surface area contributed by atoms with Crippen LogP contribution in [-0.4, -0.2) is 10.1 Å². The van der Waals surface area contributed by atoms with Gasteiger partial charge < -0.3 is 9.84 Å². The molecule has 0 unspecified atom stereocenters. The van der Waals surface area contributed by atoms with E-state index in [-0.39, 0.29) is 5.75 Å². The number of halogens is 2. The Bertz CT molecular complexity index is 543. The molecule has 2 rings (SSSR count). The van der Waals surface area contributed by atoms with Gasteiger partial charge in [-0.05, 0) is 37.3 Å². The molecule has 0 aliphatic carbocycles. The third kappa shape index (κ3) is 3.05. The number of pyridine rings is 1. The third-order valence-corrected chi connectivity index (χ3v) is 2.80. The van der Waals surface area contributed by atoms with Gasteiger partial charge in [0.05, 0.1) is 18.0 Å². The zero-order valence-corrected chi connectivity index (χ0v) is 11.2. The maximum atomic E-state index is 13.5. The average molecular weight is 312 g/mol. The van der Waals surface area contributed by atoms with E-state index in [4.69, 9.17) is 4.74 Å². The highest BCUT2D eigenvalue weighted by Crippen LogP contribution is 2.27. The van der Waals surface area contributed by atoms with Crippen LogP contribution in [0.4, 0.5) is 4.39 Å². The van der Waals surface area contributed by atoms with Gasteiger partial charge in [0.15, 0.2) is 11.6 Å². The van der Waals surface area contributed by atoms with Gasteiger partial charge in [0, 0.05) is 4.47 Å². The molecule has 3 nitrogen and oxygen atoms in total. The quantitative estimate of drug-likeness (QED) is 0.936. The number of nitrogens with zero attached hydrogens (tertiary/aromatic N) is 1. The lowest BCUT2D eigenvalue weighted by Gasteiger charge is -2.08. The molecule has 94 valence electrons. The van der Waals surface area contributed by atoms with Crippen molar-refractivity contribution in [2.75, 3.05) is 0 Å². The zero-order chi connectivity index (χ0) is 13.1. The topological polar surface area (TPSA) is 42.4 Å². The summed E-state index contributed by atoms with van der Waals surface area (Å²) in [5, 5.41) is 9.32. The monoisotopic (exact) mass is 311 g/mol. The van der Waals surface area contributed by atoms with Gasteiger partial charge in [-0.15, -0.1) is 0 Å². The Morgan fingerprint density at radius 3 is 2.72 bits per heavy atom. The molecule has 2 aromatic rings. The Balaban J connectivity index is 2.21. The van der Waals surface area contributed by atoms with Gasteiger partial charge in [0.25, 0.3) is 0 Å². The summed E-state index contributed by atoms with van der Waals surface area (Å²) in [6.45, 7) is 1.62. The number of benzene rings is 1. The van der Waals surface area contributed by atoms with Crippen LogP contribution in [0, 0.1) is 5.82 Å². The lowest BCUT2D eigenvalue weighted by molar-refractivity contribution is 0.194. The molecule has 1 aromatic carbocycles. The highest BCUT2D eigenvalue weighted by molar-refractivity contribution is 9.10. The summed E-state index contributed by atoms with van der Waals surface area (Å²) < 4.78 is 19.6. The van der Waals surface area contributed by atoms with Gasteiger partial charge in [-0.2, -0.15) is 0 Å². The molecule has 0 aliphatic heterocycles. The molecule has 1 aromatic heterocycles. The first kappa shape index (κ1) is 13.0. The molecule has 0 saturated heterocycles. The van der Waals surface area contributed by atoms with Crippen molar-refractivity contribution in [2.24, 2.45) is 0 Å². The van der Waals surface area contributed by atoms with Crippen LogP contribution < -0.4 is 4.74 Å². The molecule has 0 radical (unpaired) electrons. The molecule has 0 spiro atoms. The van der Waals surface area contributed by atoms with Crippen molar-refractivity contribution in [3.8, 4) is 11.5 Å². The first-order valence-corrected chi connectivity index (χ1v) is 6.12. The lowest BCUT2D eigenvalue weighted by atomic mass is 10.2. The molecular formula is C13H11BrFNO2. The van der Waals surface area contributed by atoms with Crippen LogP contribution in [0.2, 0.25) is 0 Å². The van der Waals surface area contributed by atoms with E-state index < -0.39 is 11.9 Å². The van der Waals surface area contributed by atoms with Crippen molar-refractivity contribution >= 4 is 15.9 Å². The molecule has 18 heavy (non-hydrogen) atoms. The molecule has 1 atom stereocenters. The van der Waals surface area contributed by atoms with Gasteiger partial charge in [0.2, 0.25) is 0 Å². The van der Waals surface area contributed by atoms with E-state index >= 15 is 0 Å². The molecule has 0 saturated carbocycles. The Morgan fingerprint density at radius 2 is 2.11 bits per heavy atom. The van der Waals surface area contributed by atoms with Crippen molar-refractivity contribution in [3.63, 3.8) is 0 Å². The second-order valence-electron chi connectivity index (χ2n) is 3.77. The molecule has 0 aliphatic rings. The Kier molecular flexibility index (Phi) is 3.93. The standard InChI is InChI=1S/C13H11BrFNO2/c1-8(17)12-5-3-10(7-16-12)18-13-6-9(14)2-4-11(13)15/h2-8,17H,1H3/t8-/m0/s1. The van der Waals surface area contributed by atoms with Crippen LogP contribution in [0.15, 0.2) is 41.0 Å². The summed E-state index contributed by atoms with van der Waals surface area (Å²) in [4.78, 5) is 4.02. The predicted octanol–water partition coefficient (Wildman–Crippen LogP) is 3.83. The van der Waals surface area contributed by atoms with Crippen molar-refractivity contribution in [1.82, 2.24) is 4.98 Å². The van der Waals surface area contributed by atoms with Crippen molar-refractivity contribution in [1.29, 1.82) is 0 Å². The Hall–Kier alpha value is -1.46. The summed E-state index contributed by atoms with van der Waals surface area (Å²) in [5.74, 6) is 0.0881. The highest BCUT2D eigenvalue weighted by atomic mass is 79.9. The van der Waals surface area contributed by atoms with Gasteiger partial charge in [-0.3, -0.25) is 4.98 Å². The fourth-order valence-corrected chi connectivity index (χ4v) is 1.72. The molecule has 1 N–H and O–H groups in total. The maximum absolute atomic E-state index is 13.5. The second kappa shape index (κ2) is 5.46. The van der Waals surface area contributed by atoms with Crippen LogP contribution in [0.3, 0.4) is 0 Å². The van der Waals surface area contributed by atoms with Crippen LogP contribution in [0.5, 0.6) is 11.5 Å². The number of aromatic nitrogens is 1. The second-order valence-corrected chi connectivity index (χ2v) is 4.69. The summed E-state index contributed by atoms with van der Waals surface area (Å²) in [7, 11) is 0. The number of ether oxygens (including phenoxy) is 1. The van der Waals surface area contributed by atoms with E-state index in [1.807, 2.05) is 0 Å². The smallest absolute Gasteiger partial charge is 0.165 e. The minimum absolute atomic E-state index is 0.121. The average Bonchev–Trinajstić information content (AvgIpc) is 2.34. The molecule has 0 amide bonds. The van der Waals surface area contributed by atoms with Gasteiger partial charge in [-0.1, -0.05) is 15.9 Å². The first-order valence-electron chi connectivity index (χ1n) is 5.33. The van der Waals surface area contributed by atoms with Crippen molar-refractivity contribution in [2.45, 2.75) is 13.0 Å². The van der Waals surface area contributed by atoms with Crippen LogP contribution in [-0.2, 0) is 0 Å². The van der Waals surface area contributed by atoms with E-state index in [0.717, 1.165) is 4.47 Å². The molecule has 0 fully saturated rings. The largest absolute Gasteiger partial charge is 0.453 e. The number of hydrogen-bond acceptors (Lipinski definition) is 3. The fraction of sp³-hybridized carbons (Fsp3) is 0.154. The Labute approximate surface area is 112 Å². The molecular weight excluding hydrogens is 301 g/mol. The van der Waals surface area contributed by atoms with E-state index in [0.29, 0.717) is 11.4 Å². The van der Waals surface area contributed by atoms with Crippen LogP contribution >= 0.6 is 15.9 Å². The number of hydrogen-bond donors (Lipinski definition) is 1. The van der Waals surface area contributed by atoms with Crippen LogP contribution in [0.1, 0.15) is 18.7 Å². The number of aliphatic hydroxyl groups excluding tert-OH is 1. The summed E-state index contributed by atoms with van der Waals surface area (Å²) in [6.07, 6.45) is 0.809. The van der Waals surface area contributed by atoms with Crippen LogP contribution in [0.25, 0.3) is 0 Å². The third-order valence-electron chi connectivity index (χ3n) is 2.31. The fourth-order valence-electron chi connectivity index (χ4n) is 1.38. The molecule has 0 bridgehead atoms. The normalized spacial score (nSPS) is 12.2. The maximum Gasteiger partial charge on any atom is 0.165 e. The highest BCUT2D eigenvalue weighted by Gasteiger charge is 2.07. The number of rotatable bonds is 3. The first-order chi connectivity index (χ1) is 8.56. The zero-order valence-electron chi connectivity index (χ0n) is 9.60. The minimum atomic E-state index is -0.637. The summed E-state index contributed by atoms with van der Waals surface area (Å²) in [6, 6.07) is 7.72. The van der Waals surface area contributed by atoms with Crippen molar-refractivity contribution in [3.05, 3.63) is 52.5 Å². The molecule has 1 heterocycles. The lowest BCUT2D eigenvalue weighted by Crippen LogP contribution is -1.95. The van der Waals surface area contributed by atoms with Gasteiger partial charge >= 0.3 is 0 Å².